The summed E-state index contributed by atoms with van der Waals surface area (Å²) in [5.74, 6) is 0. The number of benzene rings is 1. The topological polar surface area (TPSA) is 42.3 Å². The first-order valence-electron chi connectivity index (χ1n) is 5.75. The van der Waals surface area contributed by atoms with E-state index in [9.17, 15) is 0 Å². The number of fused-ring (bicyclic) bond motifs is 1. The molecule has 0 aliphatic heterocycles. The summed E-state index contributed by atoms with van der Waals surface area (Å²) in [6, 6.07) is 14.7. The molecule has 2 rings (SSSR count). The van der Waals surface area contributed by atoms with Crippen LogP contribution >= 0.6 is 0 Å². The van der Waals surface area contributed by atoms with E-state index in [-0.39, 0.29) is 21.7 Å². The summed E-state index contributed by atoms with van der Waals surface area (Å²) < 4.78 is 0. The summed E-state index contributed by atoms with van der Waals surface area (Å²) in [7, 11) is 10.5. The van der Waals surface area contributed by atoms with Crippen molar-refractivity contribution in [2.24, 2.45) is 0 Å². The molecule has 0 bridgehead atoms. The number of hydrogen-bond donors (Lipinski definition) is 0. The van der Waals surface area contributed by atoms with Gasteiger partial charge in [-0.25, -0.2) is 0 Å². The quantitative estimate of drug-likeness (QED) is 0.510. The van der Waals surface area contributed by atoms with Crippen LogP contribution in [0.25, 0.3) is 26.7 Å². The van der Waals surface area contributed by atoms with Gasteiger partial charge in [-0.05, 0) is 0 Å². The summed E-state index contributed by atoms with van der Waals surface area (Å²) in [5, 5.41) is 13.2. The number of nitrogens with zero attached hydrogens (tertiary/aromatic N) is 3. The summed E-state index contributed by atoms with van der Waals surface area (Å²) >= 11 is 0. The Kier molecular flexibility index (Phi) is 24.4. The van der Waals surface area contributed by atoms with Gasteiger partial charge in [-0.3, -0.25) is 0 Å². The smallest absolute Gasteiger partial charge is 0.668 e. The second-order valence-corrected chi connectivity index (χ2v) is 3.50. The number of hydrogen-bond acceptors (Lipinski definition) is 0. The fourth-order valence-corrected chi connectivity index (χ4v) is 1.07. The van der Waals surface area contributed by atoms with Crippen molar-refractivity contribution in [3.63, 3.8) is 0 Å². The molecule has 0 fully saturated rings. The van der Waals surface area contributed by atoms with E-state index in [2.05, 4.69) is 58.4 Å². The molecule has 19 heavy (non-hydrogen) atoms. The molecule has 104 valence electrons. The Balaban J connectivity index is -0.000000220. The van der Waals surface area contributed by atoms with Crippen molar-refractivity contribution in [1.29, 1.82) is 0 Å². The zero-order valence-corrected chi connectivity index (χ0v) is 14.4. The molecule has 3 nitrogen and oxygen atoms in total. The first kappa shape index (κ1) is 23.5. The van der Waals surface area contributed by atoms with Crippen LogP contribution in [0.2, 0.25) is 0 Å². The third-order valence-corrected chi connectivity index (χ3v) is 1.55. The zero-order valence-electron chi connectivity index (χ0n) is 12.9. The molecule has 2 aromatic rings. The van der Waals surface area contributed by atoms with Crippen LogP contribution in [-0.2, 0) is 21.7 Å². The standard InChI is InChI=1S/C9H7.3C2H6N.Ti/c1-2-5-9-7-3-6-8(9)4-1;3*1-3-2;/h1-7H;3*1-2H3;/q4*-1;+4. The Bertz CT molecular complexity index is 326. The molecule has 0 radical (unpaired) electrons. The largest absolute Gasteiger partial charge is 4.00 e. The zero-order chi connectivity index (χ0) is 14.2. The molecule has 0 aliphatic rings. The fourth-order valence-electron chi connectivity index (χ4n) is 1.07. The van der Waals surface area contributed by atoms with Crippen molar-refractivity contribution in [1.82, 2.24) is 0 Å². The molecular weight excluding hydrogens is 270 g/mol. The van der Waals surface area contributed by atoms with Gasteiger partial charge in [0.2, 0.25) is 0 Å². The average molecular weight is 295 g/mol. The van der Waals surface area contributed by atoms with Crippen molar-refractivity contribution in [2.75, 3.05) is 42.3 Å². The van der Waals surface area contributed by atoms with Crippen LogP contribution in [-0.4, -0.2) is 42.3 Å². The van der Waals surface area contributed by atoms with Gasteiger partial charge in [0.15, 0.2) is 0 Å². The summed E-state index contributed by atoms with van der Waals surface area (Å²) in [4.78, 5) is 0. The van der Waals surface area contributed by atoms with Crippen molar-refractivity contribution in [3.05, 3.63) is 58.4 Å². The Hall–Kier alpha value is -0.576. The summed E-state index contributed by atoms with van der Waals surface area (Å²) in [6.45, 7) is 0. The van der Waals surface area contributed by atoms with Crippen molar-refractivity contribution >= 4 is 10.8 Å². The van der Waals surface area contributed by atoms with Crippen LogP contribution in [0.15, 0.2) is 42.5 Å². The Morgan fingerprint density at radius 3 is 1.58 bits per heavy atom. The normalized spacial score (nSPS) is 7.68. The van der Waals surface area contributed by atoms with Crippen LogP contribution in [0, 0.1) is 0 Å². The van der Waals surface area contributed by atoms with E-state index in [4.69, 9.17) is 0 Å². The first-order chi connectivity index (χ1) is 8.71. The van der Waals surface area contributed by atoms with E-state index in [1.807, 2.05) is 0 Å². The minimum absolute atomic E-state index is 0. The van der Waals surface area contributed by atoms with Crippen LogP contribution in [0.1, 0.15) is 0 Å². The molecule has 0 saturated carbocycles. The molecule has 0 aliphatic carbocycles. The van der Waals surface area contributed by atoms with Crippen molar-refractivity contribution < 1.29 is 21.7 Å². The van der Waals surface area contributed by atoms with Gasteiger partial charge in [0.1, 0.15) is 0 Å². The van der Waals surface area contributed by atoms with Gasteiger partial charge in [-0.2, -0.15) is 59.8 Å². The van der Waals surface area contributed by atoms with Gasteiger partial charge in [0.05, 0.1) is 0 Å². The van der Waals surface area contributed by atoms with Crippen LogP contribution < -0.4 is 0 Å². The molecule has 0 N–H and O–H groups in total. The molecule has 0 amide bonds. The minimum Gasteiger partial charge on any atom is -0.668 e. The molecular formula is C15H25N3Ti. The van der Waals surface area contributed by atoms with Gasteiger partial charge in [-0.15, -0.1) is 29.7 Å². The predicted octanol–water partition coefficient (Wildman–Crippen LogP) is 4.42. The van der Waals surface area contributed by atoms with Gasteiger partial charge in [-0.1, -0.05) is 6.07 Å². The second kappa shape index (κ2) is 19.8. The van der Waals surface area contributed by atoms with Gasteiger partial charge >= 0.3 is 21.7 Å². The molecule has 0 heterocycles. The molecule has 2 aromatic carbocycles. The van der Waals surface area contributed by atoms with E-state index < -0.39 is 0 Å². The molecule has 4 heteroatoms. The maximum atomic E-state index is 3.50. The molecule has 0 unspecified atom stereocenters. The first-order valence-corrected chi connectivity index (χ1v) is 5.75. The molecule has 0 saturated heterocycles. The third kappa shape index (κ3) is 15.4. The maximum absolute atomic E-state index is 3.50. The Morgan fingerprint density at radius 2 is 1.16 bits per heavy atom. The SMILES string of the molecule is C[N-]C.C[N-]C.C[N-]C.[Ti+4].c1ccc2[cH-]ccc2c1. The average Bonchev–Trinajstić information content (AvgIpc) is 2.80. The van der Waals surface area contributed by atoms with E-state index in [1.54, 1.807) is 42.3 Å². The minimum atomic E-state index is 0. The number of rotatable bonds is 0. The summed E-state index contributed by atoms with van der Waals surface area (Å²) in [5.41, 5.74) is 0. The van der Waals surface area contributed by atoms with Gasteiger partial charge < -0.3 is 16.0 Å². The van der Waals surface area contributed by atoms with Crippen LogP contribution in [0.4, 0.5) is 0 Å². The van der Waals surface area contributed by atoms with Gasteiger partial charge in [0, 0.05) is 0 Å². The van der Waals surface area contributed by atoms with Crippen molar-refractivity contribution in [3.8, 4) is 0 Å². The maximum Gasteiger partial charge on any atom is 4.00 e. The molecule has 0 atom stereocenters. The summed E-state index contributed by atoms with van der Waals surface area (Å²) in [6.07, 6.45) is 0. The predicted molar refractivity (Wildman–Crippen MR) is 85.2 cm³/mol. The van der Waals surface area contributed by atoms with Crippen LogP contribution in [0.5, 0.6) is 0 Å². The third-order valence-electron chi connectivity index (χ3n) is 1.55. The fraction of sp³-hybridized carbons (Fsp3) is 0.400. The van der Waals surface area contributed by atoms with E-state index in [0.29, 0.717) is 0 Å². The molecule has 0 spiro atoms. The molecule has 0 aromatic heterocycles. The monoisotopic (exact) mass is 295 g/mol. The van der Waals surface area contributed by atoms with Crippen LogP contribution in [0.3, 0.4) is 0 Å². The Morgan fingerprint density at radius 1 is 0.737 bits per heavy atom. The van der Waals surface area contributed by atoms with Gasteiger partial charge in [0.25, 0.3) is 0 Å². The van der Waals surface area contributed by atoms with E-state index >= 15 is 0 Å². The van der Waals surface area contributed by atoms with E-state index in [0.717, 1.165) is 0 Å². The van der Waals surface area contributed by atoms with Crippen molar-refractivity contribution in [2.45, 2.75) is 0 Å². The van der Waals surface area contributed by atoms with E-state index in [1.165, 1.54) is 10.8 Å². The Labute approximate surface area is 133 Å². The second-order valence-electron chi connectivity index (χ2n) is 3.50.